The topological polar surface area (TPSA) is 66.4 Å². The Labute approximate surface area is 127 Å². The van der Waals surface area contributed by atoms with Crippen molar-refractivity contribution >= 4 is 21.4 Å². The number of aliphatic hydroxyl groups is 1. The molecular formula is C14H16FNO3S2. The second-order valence-corrected chi connectivity index (χ2v) is 7.74. The van der Waals surface area contributed by atoms with Crippen molar-refractivity contribution in [2.45, 2.75) is 24.2 Å². The Morgan fingerprint density at radius 1 is 1.33 bits per heavy atom. The third-order valence-electron chi connectivity index (χ3n) is 3.00. The summed E-state index contributed by atoms with van der Waals surface area (Å²) < 4.78 is 39.9. The first-order valence-corrected chi connectivity index (χ1v) is 8.66. The molecule has 2 N–H and O–H groups in total. The number of nitrogens with one attached hydrogen (secondary N) is 1. The zero-order valence-electron chi connectivity index (χ0n) is 11.5. The van der Waals surface area contributed by atoms with Crippen molar-refractivity contribution < 1.29 is 17.9 Å². The van der Waals surface area contributed by atoms with E-state index in [4.69, 9.17) is 5.11 Å². The molecule has 7 heteroatoms. The molecular weight excluding hydrogens is 313 g/mol. The smallest absolute Gasteiger partial charge is 0.250 e. The zero-order chi connectivity index (χ0) is 15.5. The van der Waals surface area contributed by atoms with Gasteiger partial charge in [0.1, 0.15) is 10.0 Å². The first-order valence-electron chi connectivity index (χ1n) is 6.36. The van der Waals surface area contributed by atoms with Crippen molar-refractivity contribution in [1.29, 1.82) is 0 Å². The van der Waals surface area contributed by atoms with Crippen LogP contribution in [0.25, 0.3) is 0 Å². The highest BCUT2D eigenvalue weighted by Gasteiger charge is 2.18. The highest BCUT2D eigenvalue weighted by atomic mass is 32.2. The monoisotopic (exact) mass is 329 g/mol. The number of rotatable bonds is 6. The van der Waals surface area contributed by atoms with Crippen LogP contribution in [0.15, 0.2) is 34.5 Å². The van der Waals surface area contributed by atoms with Crippen molar-refractivity contribution in [2.24, 2.45) is 0 Å². The lowest BCUT2D eigenvalue weighted by molar-refractivity contribution is 0.285. The van der Waals surface area contributed by atoms with Crippen LogP contribution in [-0.4, -0.2) is 20.1 Å². The molecule has 0 radical (unpaired) electrons. The van der Waals surface area contributed by atoms with Gasteiger partial charge in [-0.1, -0.05) is 12.1 Å². The van der Waals surface area contributed by atoms with Gasteiger partial charge in [-0.2, -0.15) is 0 Å². The average molecular weight is 329 g/mol. The van der Waals surface area contributed by atoms with Gasteiger partial charge in [0.15, 0.2) is 0 Å². The van der Waals surface area contributed by atoms with E-state index in [0.717, 1.165) is 22.5 Å². The van der Waals surface area contributed by atoms with Crippen molar-refractivity contribution in [3.63, 3.8) is 0 Å². The van der Waals surface area contributed by atoms with Crippen LogP contribution >= 0.6 is 11.3 Å². The quantitative estimate of drug-likeness (QED) is 0.854. The van der Waals surface area contributed by atoms with Gasteiger partial charge in [-0.15, -0.1) is 11.3 Å². The molecule has 0 bridgehead atoms. The molecule has 0 fully saturated rings. The molecule has 0 aliphatic heterocycles. The number of hydrogen-bond donors (Lipinski definition) is 2. The minimum Gasteiger partial charge on any atom is -0.391 e. The molecule has 0 saturated carbocycles. The Morgan fingerprint density at radius 3 is 2.71 bits per heavy atom. The van der Waals surface area contributed by atoms with E-state index >= 15 is 0 Å². The van der Waals surface area contributed by atoms with Gasteiger partial charge in [0.2, 0.25) is 10.0 Å². The van der Waals surface area contributed by atoms with Gasteiger partial charge < -0.3 is 5.11 Å². The van der Waals surface area contributed by atoms with Crippen molar-refractivity contribution in [2.75, 3.05) is 6.54 Å². The molecule has 1 heterocycles. The lowest BCUT2D eigenvalue weighted by atomic mass is 10.1. The Morgan fingerprint density at radius 2 is 2.10 bits per heavy atom. The number of aryl methyl sites for hydroxylation is 1. The average Bonchev–Trinajstić information content (AvgIpc) is 2.81. The van der Waals surface area contributed by atoms with Crippen LogP contribution in [0.2, 0.25) is 0 Å². The number of aliphatic hydroxyl groups excluding tert-OH is 1. The summed E-state index contributed by atoms with van der Waals surface area (Å²) in [4.78, 5) is 0.639. The van der Waals surface area contributed by atoms with Gasteiger partial charge in [0.05, 0.1) is 6.61 Å². The van der Waals surface area contributed by atoms with Crippen LogP contribution in [0.3, 0.4) is 0 Å². The van der Waals surface area contributed by atoms with Gasteiger partial charge in [-0.05, 0) is 42.7 Å². The van der Waals surface area contributed by atoms with Crippen LogP contribution in [0.4, 0.5) is 4.39 Å². The van der Waals surface area contributed by atoms with E-state index < -0.39 is 10.0 Å². The maximum absolute atomic E-state index is 13.0. The first kappa shape index (κ1) is 16.1. The molecule has 1 aromatic carbocycles. The fraction of sp³-hybridized carbons (Fsp3) is 0.286. The second-order valence-electron chi connectivity index (χ2n) is 4.61. The molecule has 2 rings (SSSR count). The van der Waals surface area contributed by atoms with Crippen molar-refractivity contribution in [3.05, 3.63) is 52.2 Å². The molecule has 0 saturated heterocycles. The SMILES string of the molecule is Cc1cc(S(=O)(=O)NCCc2cccc(F)c2)sc1CO. The normalized spacial score (nSPS) is 11.8. The van der Waals surface area contributed by atoms with E-state index in [1.807, 2.05) is 0 Å². The van der Waals surface area contributed by atoms with Gasteiger partial charge >= 0.3 is 0 Å². The summed E-state index contributed by atoms with van der Waals surface area (Å²) in [6.45, 7) is 1.78. The summed E-state index contributed by atoms with van der Waals surface area (Å²) in [5.41, 5.74) is 1.49. The Balaban J connectivity index is 2.01. The summed E-state index contributed by atoms with van der Waals surface area (Å²) >= 11 is 1.05. The molecule has 0 atom stereocenters. The highest BCUT2D eigenvalue weighted by molar-refractivity contribution is 7.91. The van der Waals surface area contributed by atoms with Gasteiger partial charge in [0.25, 0.3) is 0 Å². The first-order chi connectivity index (χ1) is 9.92. The van der Waals surface area contributed by atoms with Crippen LogP contribution in [-0.2, 0) is 23.1 Å². The molecule has 0 aliphatic carbocycles. The standard InChI is InChI=1S/C14H16FNO3S2/c1-10-7-14(20-13(10)9-17)21(18,19)16-6-5-11-3-2-4-12(15)8-11/h2-4,7-8,16-17H,5-6,9H2,1H3. The number of halogens is 1. The molecule has 0 unspecified atom stereocenters. The molecule has 114 valence electrons. The number of sulfonamides is 1. The van der Waals surface area contributed by atoms with E-state index in [1.54, 1.807) is 25.1 Å². The summed E-state index contributed by atoms with van der Waals surface area (Å²) in [5, 5.41) is 9.11. The second kappa shape index (κ2) is 6.65. The maximum atomic E-state index is 13.0. The maximum Gasteiger partial charge on any atom is 0.250 e. The van der Waals surface area contributed by atoms with Crippen LogP contribution < -0.4 is 4.72 Å². The minimum absolute atomic E-state index is 0.171. The largest absolute Gasteiger partial charge is 0.391 e. The van der Waals surface area contributed by atoms with E-state index in [2.05, 4.69) is 4.72 Å². The molecule has 21 heavy (non-hydrogen) atoms. The molecule has 1 aromatic heterocycles. The third-order valence-corrected chi connectivity index (χ3v) is 6.16. The molecule has 0 spiro atoms. The van der Waals surface area contributed by atoms with Crippen LogP contribution in [0, 0.1) is 12.7 Å². The van der Waals surface area contributed by atoms with Crippen molar-refractivity contribution in [3.8, 4) is 0 Å². The summed E-state index contributed by atoms with van der Waals surface area (Å²) in [6, 6.07) is 7.61. The number of hydrogen-bond acceptors (Lipinski definition) is 4. The Hall–Kier alpha value is -1.28. The van der Waals surface area contributed by atoms with E-state index in [-0.39, 0.29) is 23.2 Å². The van der Waals surface area contributed by atoms with E-state index in [1.165, 1.54) is 12.1 Å². The summed E-state index contributed by atoms with van der Waals surface area (Å²) in [6.07, 6.45) is 0.411. The van der Waals surface area contributed by atoms with E-state index in [0.29, 0.717) is 11.3 Å². The predicted octanol–water partition coefficient (Wildman–Crippen LogP) is 2.21. The fourth-order valence-electron chi connectivity index (χ4n) is 1.87. The molecule has 0 aliphatic rings. The Bertz CT molecular complexity index is 726. The van der Waals surface area contributed by atoms with Gasteiger partial charge in [0, 0.05) is 11.4 Å². The Kier molecular flexibility index (Phi) is 5.10. The van der Waals surface area contributed by atoms with E-state index in [9.17, 15) is 12.8 Å². The number of thiophene rings is 1. The van der Waals surface area contributed by atoms with Gasteiger partial charge in [-0.25, -0.2) is 17.5 Å². The third kappa shape index (κ3) is 4.10. The van der Waals surface area contributed by atoms with Crippen LogP contribution in [0.5, 0.6) is 0 Å². The van der Waals surface area contributed by atoms with Gasteiger partial charge in [-0.3, -0.25) is 0 Å². The summed E-state index contributed by atoms with van der Waals surface area (Å²) in [7, 11) is -3.59. The zero-order valence-corrected chi connectivity index (χ0v) is 13.1. The lowest BCUT2D eigenvalue weighted by Crippen LogP contribution is -2.25. The minimum atomic E-state index is -3.59. The fourth-order valence-corrected chi connectivity index (χ4v) is 4.40. The number of benzene rings is 1. The molecule has 4 nitrogen and oxygen atoms in total. The molecule has 2 aromatic rings. The lowest BCUT2D eigenvalue weighted by Gasteiger charge is -2.05. The molecule has 0 amide bonds. The summed E-state index contributed by atoms with van der Waals surface area (Å²) in [5.74, 6) is -0.336. The van der Waals surface area contributed by atoms with Crippen LogP contribution in [0.1, 0.15) is 16.0 Å². The van der Waals surface area contributed by atoms with Crippen molar-refractivity contribution in [1.82, 2.24) is 4.72 Å². The predicted molar refractivity (Wildman–Crippen MR) is 80.3 cm³/mol. The highest BCUT2D eigenvalue weighted by Crippen LogP contribution is 2.25.